The van der Waals surface area contributed by atoms with E-state index in [0.717, 1.165) is 12.0 Å². The number of methoxy groups -OCH3 is 1. The van der Waals surface area contributed by atoms with Crippen molar-refractivity contribution in [3.8, 4) is 11.5 Å². The first-order valence-electron chi connectivity index (χ1n) is 10.8. The highest BCUT2D eigenvalue weighted by Gasteiger charge is 2.21. The highest BCUT2D eigenvalue weighted by molar-refractivity contribution is 6.68. The lowest BCUT2D eigenvalue weighted by atomic mass is 9.87. The Morgan fingerprint density at radius 2 is 1.85 bits per heavy atom. The first kappa shape index (κ1) is 26.2. The van der Waals surface area contributed by atoms with Crippen LogP contribution in [0, 0.1) is 0 Å². The lowest BCUT2D eigenvalue weighted by Gasteiger charge is -2.23. The molecule has 8 heteroatoms. The summed E-state index contributed by atoms with van der Waals surface area (Å²) in [5, 5.41) is 7.08. The molecule has 1 atom stereocenters. The number of rotatable bonds is 8. The number of amides is 1. The van der Waals surface area contributed by atoms with Crippen molar-refractivity contribution < 1.29 is 14.3 Å². The molecular formula is C25H33ClN4O3. The smallest absolute Gasteiger partial charge is 0.278 e. The summed E-state index contributed by atoms with van der Waals surface area (Å²) in [4.78, 5) is 17.6. The Labute approximate surface area is 201 Å². The topological polar surface area (TPSA) is 98.3 Å². The minimum Gasteiger partial charge on any atom is -0.494 e. The summed E-state index contributed by atoms with van der Waals surface area (Å²) in [6.07, 6.45) is 0.819. The lowest BCUT2D eigenvalue weighted by molar-refractivity contribution is -0.110. The van der Waals surface area contributed by atoms with Gasteiger partial charge in [-0.25, -0.2) is 4.99 Å². The molecule has 0 fully saturated rings. The van der Waals surface area contributed by atoms with E-state index < -0.39 is 5.91 Å². The van der Waals surface area contributed by atoms with E-state index in [4.69, 9.17) is 26.9 Å². The third-order valence-electron chi connectivity index (χ3n) is 5.11. The largest absolute Gasteiger partial charge is 0.494 e. The van der Waals surface area contributed by atoms with E-state index >= 15 is 0 Å². The van der Waals surface area contributed by atoms with Crippen molar-refractivity contribution in [1.82, 2.24) is 0 Å². The quantitative estimate of drug-likeness (QED) is 0.285. The van der Waals surface area contributed by atoms with Gasteiger partial charge in [0.2, 0.25) is 0 Å². The van der Waals surface area contributed by atoms with Crippen molar-refractivity contribution >= 4 is 40.3 Å². The van der Waals surface area contributed by atoms with Crippen LogP contribution in [0.3, 0.4) is 0 Å². The van der Waals surface area contributed by atoms with Crippen LogP contribution in [0.5, 0.6) is 11.5 Å². The molecule has 0 radical (unpaired) electrons. The number of benzene rings is 2. The molecule has 0 spiro atoms. The Kier molecular flexibility index (Phi) is 8.88. The predicted molar refractivity (Wildman–Crippen MR) is 137 cm³/mol. The van der Waals surface area contributed by atoms with Crippen LogP contribution < -0.4 is 20.6 Å². The number of carbonyl (C=O) groups is 1. The molecule has 33 heavy (non-hydrogen) atoms. The second-order valence-electron chi connectivity index (χ2n) is 8.74. The number of halogens is 1. The van der Waals surface area contributed by atoms with Crippen molar-refractivity contribution in [3.63, 3.8) is 0 Å². The zero-order valence-corrected chi connectivity index (χ0v) is 21.1. The SMILES string of the molecule is CCC(C)Oc1ccc(C(C)(C)C)cc1NC(=O)/C(=N/N)C(C)=Nc1cc(Cl)ccc1OC. The van der Waals surface area contributed by atoms with E-state index in [-0.39, 0.29) is 17.2 Å². The van der Waals surface area contributed by atoms with E-state index in [9.17, 15) is 4.79 Å². The third kappa shape index (κ3) is 6.96. The van der Waals surface area contributed by atoms with Crippen LogP contribution in [0.2, 0.25) is 5.02 Å². The van der Waals surface area contributed by atoms with Gasteiger partial charge >= 0.3 is 0 Å². The molecular weight excluding hydrogens is 440 g/mol. The molecule has 2 rings (SSSR count). The van der Waals surface area contributed by atoms with E-state index in [2.05, 4.69) is 36.2 Å². The number of nitrogens with one attached hydrogen (secondary N) is 1. The van der Waals surface area contributed by atoms with Crippen molar-refractivity contribution in [1.29, 1.82) is 0 Å². The highest BCUT2D eigenvalue weighted by atomic mass is 35.5. The summed E-state index contributed by atoms with van der Waals surface area (Å²) in [5.41, 5.74) is 2.24. The molecule has 0 aliphatic heterocycles. The Morgan fingerprint density at radius 1 is 1.18 bits per heavy atom. The second kappa shape index (κ2) is 11.2. The average Bonchev–Trinajstić information content (AvgIpc) is 2.74. The number of hydrogen-bond acceptors (Lipinski definition) is 6. The van der Waals surface area contributed by atoms with Crippen molar-refractivity contribution in [2.24, 2.45) is 15.9 Å². The Hall–Kier alpha value is -3.06. The third-order valence-corrected chi connectivity index (χ3v) is 5.35. The molecule has 2 aromatic rings. The second-order valence-corrected chi connectivity index (χ2v) is 9.18. The lowest BCUT2D eigenvalue weighted by Crippen LogP contribution is -2.30. The standard InChI is InChI=1S/C25H33ClN4O3/c1-8-15(2)33-22-11-9-17(25(4,5)6)13-19(22)29-24(31)23(30-27)16(3)28-20-14-18(26)10-12-21(20)32-7/h9-15H,8,27H2,1-7H3,(H,29,31)/b28-16?,30-23+. The number of carbonyl (C=O) groups excluding carboxylic acids is 1. The number of nitrogens with two attached hydrogens (primary N) is 1. The maximum absolute atomic E-state index is 13.1. The van der Waals surface area contributed by atoms with Crippen molar-refractivity contribution in [2.45, 2.75) is 59.5 Å². The van der Waals surface area contributed by atoms with Crippen LogP contribution in [-0.2, 0) is 10.2 Å². The van der Waals surface area contributed by atoms with E-state index in [1.54, 1.807) is 25.1 Å². The molecule has 0 heterocycles. The van der Waals surface area contributed by atoms with Gasteiger partial charge in [0.05, 0.1) is 24.6 Å². The van der Waals surface area contributed by atoms with E-state index in [1.807, 2.05) is 32.0 Å². The molecule has 1 unspecified atom stereocenters. The first-order chi connectivity index (χ1) is 15.5. The fourth-order valence-corrected chi connectivity index (χ4v) is 3.15. The normalized spacial score (nSPS) is 13.5. The highest BCUT2D eigenvalue weighted by Crippen LogP contribution is 2.33. The zero-order chi connectivity index (χ0) is 24.8. The minimum absolute atomic E-state index is 0.0117. The monoisotopic (exact) mass is 472 g/mol. The van der Waals surface area contributed by atoms with Crippen molar-refractivity contribution in [3.05, 3.63) is 47.0 Å². The fraction of sp³-hybridized carbons (Fsp3) is 0.400. The molecule has 1 amide bonds. The summed E-state index contributed by atoms with van der Waals surface area (Å²) in [5.74, 6) is 6.17. The molecule has 0 bridgehead atoms. The number of anilines is 1. The summed E-state index contributed by atoms with van der Waals surface area (Å²) in [7, 11) is 1.53. The van der Waals surface area contributed by atoms with Gasteiger partial charge in [-0.3, -0.25) is 4.79 Å². The Bertz CT molecular complexity index is 1060. The summed E-state index contributed by atoms with van der Waals surface area (Å²) >= 11 is 6.09. The molecule has 0 aliphatic rings. The van der Waals surface area contributed by atoms with Gasteiger partial charge in [-0.05, 0) is 61.6 Å². The van der Waals surface area contributed by atoms with Gasteiger partial charge in [0.1, 0.15) is 17.2 Å². The summed E-state index contributed by atoms with van der Waals surface area (Å²) < 4.78 is 11.4. The molecule has 3 N–H and O–H groups in total. The molecule has 178 valence electrons. The van der Waals surface area contributed by atoms with Crippen LogP contribution in [0.15, 0.2) is 46.5 Å². The molecule has 0 aromatic heterocycles. The van der Waals surface area contributed by atoms with E-state index in [0.29, 0.717) is 33.6 Å². The van der Waals surface area contributed by atoms with Gasteiger partial charge in [-0.15, -0.1) is 0 Å². The number of hydrazone groups is 1. The van der Waals surface area contributed by atoms with Crippen LogP contribution >= 0.6 is 11.6 Å². The van der Waals surface area contributed by atoms with Crippen molar-refractivity contribution in [2.75, 3.05) is 12.4 Å². The Balaban J connectivity index is 2.41. The van der Waals surface area contributed by atoms with Gasteiger partial charge in [0.15, 0.2) is 5.71 Å². The van der Waals surface area contributed by atoms with Gasteiger partial charge in [0, 0.05) is 5.02 Å². The van der Waals surface area contributed by atoms with Crippen LogP contribution in [0.4, 0.5) is 11.4 Å². The van der Waals surface area contributed by atoms with Crippen LogP contribution in [0.25, 0.3) is 0 Å². The Morgan fingerprint density at radius 3 is 2.42 bits per heavy atom. The molecule has 2 aromatic carbocycles. The molecule has 0 saturated heterocycles. The molecule has 0 aliphatic carbocycles. The van der Waals surface area contributed by atoms with Gasteiger partial charge in [-0.2, -0.15) is 5.10 Å². The predicted octanol–water partition coefficient (Wildman–Crippen LogP) is 5.87. The van der Waals surface area contributed by atoms with Crippen LogP contribution in [0.1, 0.15) is 53.5 Å². The number of ether oxygens (including phenoxy) is 2. The molecule has 0 saturated carbocycles. The zero-order valence-electron chi connectivity index (χ0n) is 20.3. The number of nitrogens with zero attached hydrogens (tertiary/aromatic N) is 2. The van der Waals surface area contributed by atoms with Gasteiger partial charge < -0.3 is 20.6 Å². The van der Waals surface area contributed by atoms with Gasteiger partial charge in [-0.1, -0.05) is 45.4 Å². The van der Waals surface area contributed by atoms with E-state index in [1.165, 1.54) is 7.11 Å². The number of hydrogen-bond donors (Lipinski definition) is 2. The van der Waals surface area contributed by atoms with Crippen LogP contribution in [-0.4, -0.2) is 30.5 Å². The maximum atomic E-state index is 13.1. The fourth-order valence-electron chi connectivity index (χ4n) is 2.98. The average molecular weight is 473 g/mol. The number of aliphatic imine (C=N–C) groups is 1. The summed E-state index contributed by atoms with van der Waals surface area (Å²) in [6, 6.07) is 10.8. The first-order valence-corrected chi connectivity index (χ1v) is 11.2. The van der Waals surface area contributed by atoms with Gasteiger partial charge in [0.25, 0.3) is 5.91 Å². The maximum Gasteiger partial charge on any atom is 0.278 e. The minimum atomic E-state index is -0.500. The molecule has 7 nitrogen and oxygen atoms in total. The summed E-state index contributed by atoms with van der Waals surface area (Å²) in [6.45, 7) is 12.0.